The van der Waals surface area contributed by atoms with Crippen LogP contribution >= 0.6 is 0 Å². The number of nitrogens with one attached hydrogen (secondary N) is 2. The van der Waals surface area contributed by atoms with Gasteiger partial charge in [-0.25, -0.2) is 9.59 Å². The van der Waals surface area contributed by atoms with E-state index >= 15 is 0 Å². The highest BCUT2D eigenvalue weighted by Crippen LogP contribution is 2.22. The van der Waals surface area contributed by atoms with Gasteiger partial charge >= 0.3 is 11.7 Å². The minimum absolute atomic E-state index is 0.00153. The van der Waals surface area contributed by atoms with Crippen molar-refractivity contribution in [3.05, 3.63) is 34.9 Å². The standard InChI is InChI=1S/C21H34N8O5/c1-3-4-11-33-19(31)18-14(26-16(30)12-13(22)7-9-28(2)20(24)25)5-6-17(34-18)29-10-8-15(23)27-21(29)32/h5-6,8,10,13-14,17-18H,3-4,7,9,11-12,22H2,1-2H3,(H3,24,25)(H,26,30)(H2,23,27,32)/t13-,14-,17+,18-/m0/s1. The summed E-state index contributed by atoms with van der Waals surface area (Å²) < 4.78 is 12.3. The topological polar surface area (TPSA) is 205 Å². The first-order valence-corrected chi connectivity index (χ1v) is 11.1. The van der Waals surface area contributed by atoms with Crippen LogP contribution < -0.4 is 28.2 Å². The van der Waals surface area contributed by atoms with Gasteiger partial charge in [-0.15, -0.1) is 0 Å². The van der Waals surface area contributed by atoms with Crippen LogP contribution in [0.25, 0.3) is 0 Å². The van der Waals surface area contributed by atoms with E-state index in [0.29, 0.717) is 19.4 Å². The Morgan fingerprint density at radius 1 is 1.41 bits per heavy atom. The van der Waals surface area contributed by atoms with E-state index in [-0.39, 0.29) is 30.7 Å². The van der Waals surface area contributed by atoms with Crippen LogP contribution in [0.1, 0.15) is 38.8 Å². The second-order valence-electron chi connectivity index (χ2n) is 8.05. The van der Waals surface area contributed by atoms with Crippen molar-refractivity contribution in [3.63, 3.8) is 0 Å². The molecule has 188 valence electrons. The predicted octanol–water partition coefficient (Wildman–Crippen LogP) is -0.960. The molecule has 2 rings (SSSR count). The number of nitrogen functional groups attached to an aromatic ring is 1. The van der Waals surface area contributed by atoms with Gasteiger partial charge in [-0.05, 0) is 25.0 Å². The third-order valence-electron chi connectivity index (χ3n) is 5.22. The fourth-order valence-electron chi connectivity index (χ4n) is 3.16. The van der Waals surface area contributed by atoms with E-state index in [1.54, 1.807) is 19.2 Å². The first-order chi connectivity index (χ1) is 16.1. The van der Waals surface area contributed by atoms with Crippen LogP contribution in [-0.4, -0.2) is 70.7 Å². The van der Waals surface area contributed by atoms with Crippen LogP contribution in [0.15, 0.2) is 29.2 Å². The Morgan fingerprint density at radius 2 is 2.15 bits per heavy atom. The largest absolute Gasteiger partial charge is 0.464 e. The Labute approximate surface area is 197 Å². The van der Waals surface area contributed by atoms with Gasteiger partial charge in [-0.2, -0.15) is 4.98 Å². The number of aromatic nitrogens is 2. The van der Waals surface area contributed by atoms with Crippen LogP contribution in [0.5, 0.6) is 0 Å². The SMILES string of the molecule is CCCCOC(=O)[C@H]1O[C@@H](n2ccc(N)nc2=O)C=C[C@@H]1NC(=O)C[C@@H](N)CCN(C)C(=N)N. The lowest BCUT2D eigenvalue weighted by Gasteiger charge is -2.32. The van der Waals surface area contributed by atoms with Crippen molar-refractivity contribution in [2.45, 2.75) is 57.0 Å². The molecule has 2 heterocycles. The van der Waals surface area contributed by atoms with Gasteiger partial charge in [-0.3, -0.25) is 14.8 Å². The molecule has 0 aromatic carbocycles. The molecule has 0 saturated carbocycles. The highest BCUT2D eigenvalue weighted by Gasteiger charge is 2.36. The summed E-state index contributed by atoms with van der Waals surface area (Å²) in [5, 5.41) is 10.1. The Hall–Kier alpha value is -3.45. The first kappa shape index (κ1) is 26.8. The number of hydrogen-bond donors (Lipinski definition) is 5. The number of guanidine groups is 1. The number of nitrogens with two attached hydrogens (primary N) is 3. The third kappa shape index (κ3) is 7.85. The number of anilines is 1. The van der Waals surface area contributed by atoms with Crippen LogP contribution in [0.2, 0.25) is 0 Å². The van der Waals surface area contributed by atoms with E-state index in [1.807, 2.05) is 6.92 Å². The smallest absolute Gasteiger partial charge is 0.351 e. The maximum atomic E-state index is 12.7. The van der Waals surface area contributed by atoms with Crippen molar-refractivity contribution in [2.24, 2.45) is 11.5 Å². The molecule has 0 saturated heterocycles. The van der Waals surface area contributed by atoms with E-state index in [4.69, 9.17) is 32.1 Å². The lowest BCUT2D eigenvalue weighted by molar-refractivity contribution is -0.166. The molecular formula is C21H34N8O5. The maximum absolute atomic E-state index is 12.7. The minimum Gasteiger partial charge on any atom is -0.464 e. The van der Waals surface area contributed by atoms with E-state index in [2.05, 4.69) is 10.3 Å². The number of esters is 1. The number of nitrogens with zero attached hydrogens (tertiary/aromatic N) is 3. The number of unbranched alkanes of at least 4 members (excludes halogenated alkanes) is 1. The number of rotatable bonds is 11. The maximum Gasteiger partial charge on any atom is 0.351 e. The zero-order valence-corrected chi connectivity index (χ0v) is 19.5. The average Bonchev–Trinajstić information content (AvgIpc) is 2.77. The van der Waals surface area contributed by atoms with Gasteiger partial charge in [0.2, 0.25) is 5.91 Å². The summed E-state index contributed by atoms with van der Waals surface area (Å²) in [6.45, 7) is 2.60. The predicted molar refractivity (Wildman–Crippen MR) is 126 cm³/mol. The van der Waals surface area contributed by atoms with Gasteiger partial charge in [0.15, 0.2) is 18.3 Å². The summed E-state index contributed by atoms with van der Waals surface area (Å²) in [4.78, 5) is 42.7. The number of ether oxygens (including phenoxy) is 2. The van der Waals surface area contributed by atoms with Crippen LogP contribution in [-0.2, 0) is 19.1 Å². The Morgan fingerprint density at radius 3 is 2.79 bits per heavy atom. The van der Waals surface area contributed by atoms with Crippen molar-refractivity contribution >= 4 is 23.7 Å². The second-order valence-corrected chi connectivity index (χ2v) is 8.05. The molecule has 0 fully saturated rings. The molecule has 8 N–H and O–H groups in total. The summed E-state index contributed by atoms with van der Waals surface area (Å²) >= 11 is 0. The first-order valence-electron chi connectivity index (χ1n) is 11.1. The summed E-state index contributed by atoms with van der Waals surface area (Å²) in [6.07, 6.45) is 4.38. The summed E-state index contributed by atoms with van der Waals surface area (Å²) in [6, 6.07) is 0.145. The molecule has 34 heavy (non-hydrogen) atoms. The molecule has 13 nitrogen and oxygen atoms in total. The van der Waals surface area contributed by atoms with Gasteiger partial charge in [-0.1, -0.05) is 19.4 Å². The molecule has 1 aromatic rings. The zero-order chi connectivity index (χ0) is 25.3. The van der Waals surface area contributed by atoms with E-state index < -0.39 is 36.1 Å². The molecule has 13 heteroatoms. The Balaban J connectivity index is 2.09. The van der Waals surface area contributed by atoms with Crippen molar-refractivity contribution in [1.29, 1.82) is 5.41 Å². The van der Waals surface area contributed by atoms with Crippen molar-refractivity contribution in [1.82, 2.24) is 19.8 Å². The average molecular weight is 479 g/mol. The third-order valence-corrected chi connectivity index (χ3v) is 5.22. The molecule has 4 atom stereocenters. The van der Waals surface area contributed by atoms with E-state index in [0.717, 1.165) is 6.42 Å². The van der Waals surface area contributed by atoms with Gasteiger partial charge in [0.25, 0.3) is 0 Å². The lowest BCUT2D eigenvalue weighted by atomic mass is 10.1. The van der Waals surface area contributed by atoms with Gasteiger partial charge in [0.05, 0.1) is 12.6 Å². The van der Waals surface area contributed by atoms with Gasteiger partial charge in [0, 0.05) is 32.3 Å². The van der Waals surface area contributed by atoms with Crippen LogP contribution in [0.4, 0.5) is 5.82 Å². The van der Waals surface area contributed by atoms with Crippen molar-refractivity contribution in [2.75, 3.05) is 25.9 Å². The highest BCUT2D eigenvalue weighted by molar-refractivity contribution is 5.81. The molecule has 0 radical (unpaired) electrons. The Kier molecular flexibility index (Phi) is 10.0. The van der Waals surface area contributed by atoms with Crippen LogP contribution in [0, 0.1) is 5.41 Å². The molecular weight excluding hydrogens is 444 g/mol. The highest BCUT2D eigenvalue weighted by atomic mass is 16.6. The summed E-state index contributed by atoms with van der Waals surface area (Å²) in [5.74, 6) is -1.06. The molecule has 1 aliphatic rings. The number of carbonyl (C=O) groups is 2. The molecule has 1 amide bonds. The number of carbonyl (C=O) groups excluding carboxylic acids is 2. The molecule has 1 aliphatic heterocycles. The molecule has 0 aliphatic carbocycles. The second kappa shape index (κ2) is 12.7. The van der Waals surface area contributed by atoms with Crippen LogP contribution in [0.3, 0.4) is 0 Å². The van der Waals surface area contributed by atoms with Crippen molar-refractivity contribution in [3.8, 4) is 0 Å². The summed E-state index contributed by atoms with van der Waals surface area (Å²) in [5.41, 5.74) is 16.3. The summed E-state index contributed by atoms with van der Waals surface area (Å²) in [7, 11) is 1.66. The van der Waals surface area contributed by atoms with Crippen molar-refractivity contribution < 1.29 is 19.1 Å². The lowest BCUT2D eigenvalue weighted by Crippen LogP contribution is -2.51. The zero-order valence-electron chi connectivity index (χ0n) is 19.5. The van der Waals surface area contributed by atoms with E-state index in [9.17, 15) is 14.4 Å². The molecule has 1 aromatic heterocycles. The number of hydrogen-bond acceptors (Lipinski definition) is 9. The quantitative estimate of drug-likeness (QED) is 0.0865. The fourth-order valence-corrected chi connectivity index (χ4v) is 3.16. The molecule has 0 bridgehead atoms. The van der Waals surface area contributed by atoms with E-state index in [1.165, 1.54) is 21.7 Å². The Bertz CT molecular complexity index is 949. The normalized spacial score (nSPS) is 20.4. The fraction of sp³-hybridized carbons (Fsp3) is 0.571. The molecule has 0 unspecified atom stereocenters. The minimum atomic E-state index is -1.18. The van der Waals surface area contributed by atoms with Gasteiger partial charge in [0.1, 0.15) is 5.82 Å². The van der Waals surface area contributed by atoms with Gasteiger partial charge < -0.3 is 36.9 Å². The monoisotopic (exact) mass is 478 g/mol. The molecule has 0 spiro atoms. The number of amides is 1.